The fourth-order valence-corrected chi connectivity index (χ4v) is 3.90. The molecule has 0 unspecified atom stereocenters. The molecule has 0 aliphatic rings. The second kappa shape index (κ2) is 10.3. The molecule has 2 aromatic carbocycles. The van der Waals surface area contributed by atoms with Crippen LogP contribution in [0.1, 0.15) is 24.5 Å². The summed E-state index contributed by atoms with van der Waals surface area (Å²) in [5.74, 6) is 0.524. The number of benzene rings is 2. The summed E-state index contributed by atoms with van der Waals surface area (Å²) < 4.78 is 10.3. The minimum atomic E-state index is -0.479. The maximum atomic E-state index is 13.5. The van der Waals surface area contributed by atoms with Crippen LogP contribution in [0.25, 0.3) is 11.2 Å². The third-order valence-corrected chi connectivity index (χ3v) is 5.81. The summed E-state index contributed by atoms with van der Waals surface area (Å²) in [4.78, 5) is 31.0. The molecular weight excluding hydrogens is 458 g/mol. The van der Waals surface area contributed by atoms with Crippen molar-refractivity contribution < 1.29 is 9.84 Å². The van der Waals surface area contributed by atoms with Crippen molar-refractivity contribution >= 4 is 22.8 Å². The zero-order chi connectivity index (χ0) is 24.2. The topological polar surface area (TPSA) is 117 Å². The molecular formula is C24H26ClN5O4. The van der Waals surface area contributed by atoms with Gasteiger partial charge in [-0.05, 0) is 48.7 Å². The van der Waals surface area contributed by atoms with Crippen LogP contribution in [0.4, 0.5) is 0 Å². The van der Waals surface area contributed by atoms with Crippen molar-refractivity contribution in [3.05, 3.63) is 85.5 Å². The van der Waals surface area contributed by atoms with Gasteiger partial charge in [-0.25, -0.2) is 4.79 Å². The first-order valence-corrected chi connectivity index (χ1v) is 11.4. The number of aryl methyl sites for hydroxylation is 1. The predicted octanol–water partition coefficient (Wildman–Crippen LogP) is 2.71. The third-order valence-electron chi connectivity index (χ3n) is 5.56. The summed E-state index contributed by atoms with van der Waals surface area (Å²) in [6.07, 6.45) is 0.284. The first kappa shape index (κ1) is 23.7. The number of rotatable bonds is 9. The SMILES string of the molecule is CCn1c(=O)n(CCCO)c(=O)c2c1nc(Oc1ccc(CN)cc1)n2Cc1ccc(Cl)cc1. The van der Waals surface area contributed by atoms with Gasteiger partial charge in [0.05, 0.1) is 6.54 Å². The van der Waals surface area contributed by atoms with E-state index in [1.165, 1.54) is 4.57 Å². The number of imidazole rings is 1. The number of hydrogen-bond acceptors (Lipinski definition) is 6. The quantitative estimate of drug-likeness (QED) is 0.378. The molecule has 9 nitrogen and oxygen atoms in total. The van der Waals surface area contributed by atoms with Gasteiger partial charge in [-0.3, -0.25) is 18.5 Å². The highest BCUT2D eigenvalue weighted by molar-refractivity contribution is 6.30. The molecule has 0 atom stereocenters. The number of nitrogens with zero attached hydrogens (tertiary/aromatic N) is 4. The highest BCUT2D eigenvalue weighted by Gasteiger charge is 2.22. The summed E-state index contributed by atoms with van der Waals surface area (Å²) in [5.41, 5.74) is 7.07. The Morgan fingerprint density at radius 1 is 1.00 bits per heavy atom. The smallest absolute Gasteiger partial charge is 0.332 e. The van der Waals surface area contributed by atoms with E-state index in [1.807, 2.05) is 31.2 Å². The predicted molar refractivity (Wildman–Crippen MR) is 131 cm³/mol. The van der Waals surface area contributed by atoms with Crippen molar-refractivity contribution in [1.82, 2.24) is 18.7 Å². The molecule has 2 heterocycles. The lowest BCUT2D eigenvalue weighted by atomic mass is 10.2. The number of aliphatic hydroxyl groups is 1. The van der Waals surface area contributed by atoms with E-state index in [2.05, 4.69) is 4.98 Å². The number of fused-ring (bicyclic) bond motifs is 1. The fourth-order valence-electron chi connectivity index (χ4n) is 3.78. The highest BCUT2D eigenvalue weighted by atomic mass is 35.5. The van der Waals surface area contributed by atoms with E-state index in [0.717, 1.165) is 15.7 Å². The normalized spacial score (nSPS) is 11.3. The van der Waals surface area contributed by atoms with Crippen LogP contribution in [0.5, 0.6) is 11.8 Å². The Morgan fingerprint density at radius 3 is 2.29 bits per heavy atom. The number of aliphatic hydroxyl groups excluding tert-OH is 1. The zero-order valence-corrected chi connectivity index (χ0v) is 19.5. The number of halogens is 1. The van der Waals surface area contributed by atoms with E-state index in [0.29, 0.717) is 23.9 Å². The Morgan fingerprint density at radius 2 is 1.68 bits per heavy atom. The molecule has 0 saturated heterocycles. The standard InChI is InChI=1S/C24H26ClN5O4/c1-2-28-21-20(22(32)29(24(28)33)12-3-13-31)30(15-17-4-8-18(25)9-5-17)23(27-21)34-19-10-6-16(14-26)7-11-19/h4-11,31H,2-3,12-15,26H2,1H3. The van der Waals surface area contributed by atoms with Gasteiger partial charge in [0, 0.05) is 31.3 Å². The summed E-state index contributed by atoms with van der Waals surface area (Å²) in [7, 11) is 0. The lowest BCUT2D eigenvalue weighted by Crippen LogP contribution is -2.40. The van der Waals surface area contributed by atoms with Gasteiger partial charge >= 0.3 is 11.7 Å². The van der Waals surface area contributed by atoms with Gasteiger partial charge < -0.3 is 15.6 Å². The summed E-state index contributed by atoms with van der Waals surface area (Å²) in [6, 6.07) is 14.7. The first-order valence-electron chi connectivity index (χ1n) is 11.0. The number of aromatic nitrogens is 4. The van der Waals surface area contributed by atoms with E-state index in [9.17, 15) is 14.7 Å². The average molecular weight is 484 g/mol. The van der Waals surface area contributed by atoms with E-state index in [-0.39, 0.29) is 43.3 Å². The van der Waals surface area contributed by atoms with Gasteiger partial charge in [0.15, 0.2) is 11.2 Å². The molecule has 0 aliphatic heterocycles. The van der Waals surface area contributed by atoms with Crippen LogP contribution in [0.15, 0.2) is 58.1 Å². The van der Waals surface area contributed by atoms with E-state index < -0.39 is 11.2 Å². The Balaban J connectivity index is 1.93. The largest absolute Gasteiger partial charge is 0.425 e. The molecule has 0 amide bonds. The van der Waals surface area contributed by atoms with Crippen LogP contribution in [-0.2, 0) is 26.2 Å². The van der Waals surface area contributed by atoms with Gasteiger partial charge in [0.1, 0.15) is 5.75 Å². The third kappa shape index (κ3) is 4.63. The summed E-state index contributed by atoms with van der Waals surface area (Å²) in [5, 5.41) is 9.85. The minimum absolute atomic E-state index is 0.104. The van der Waals surface area contributed by atoms with Crippen molar-refractivity contribution in [2.24, 2.45) is 5.73 Å². The molecule has 0 aliphatic carbocycles. The number of nitrogens with two attached hydrogens (primary N) is 1. The highest BCUT2D eigenvalue weighted by Crippen LogP contribution is 2.26. The van der Waals surface area contributed by atoms with E-state index >= 15 is 0 Å². The van der Waals surface area contributed by atoms with Crippen LogP contribution in [0.2, 0.25) is 5.02 Å². The van der Waals surface area contributed by atoms with Crippen LogP contribution in [0.3, 0.4) is 0 Å². The lowest BCUT2D eigenvalue weighted by Gasteiger charge is -2.12. The molecule has 0 saturated carbocycles. The molecule has 4 aromatic rings. The van der Waals surface area contributed by atoms with Crippen LogP contribution in [-0.4, -0.2) is 30.4 Å². The Bertz CT molecular complexity index is 1410. The van der Waals surface area contributed by atoms with Crippen LogP contribution >= 0.6 is 11.6 Å². The average Bonchev–Trinajstić information content (AvgIpc) is 3.18. The van der Waals surface area contributed by atoms with Crippen molar-refractivity contribution in [3.8, 4) is 11.8 Å². The molecule has 0 radical (unpaired) electrons. The Labute approximate surface area is 200 Å². The van der Waals surface area contributed by atoms with Crippen molar-refractivity contribution in [1.29, 1.82) is 0 Å². The van der Waals surface area contributed by atoms with Gasteiger partial charge in [-0.15, -0.1) is 0 Å². The monoisotopic (exact) mass is 483 g/mol. The van der Waals surface area contributed by atoms with Gasteiger partial charge in [0.25, 0.3) is 5.56 Å². The van der Waals surface area contributed by atoms with Crippen molar-refractivity contribution in [3.63, 3.8) is 0 Å². The second-order valence-electron chi connectivity index (χ2n) is 7.79. The van der Waals surface area contributed by atoms with Crippen LogP contribution < -0.4 is 21.7 Å². The maximum Gasteiger partial charge on any atom is 0.332 e. The van der Waals surface area contributed by atoms with Gasteiger partial charge in [-0.1, -0.05) is 35.9 Å². The molecule has 10 heteroatoms. The molecule has 0 bridgehead atoms. The van der Waals surface area contributed by atoms with Crippen molar-refractivity contribution in [2.45, 2.75) is 39.5 Å². The molecule has 0 spiro atoms. The summed E-state index contributed by atoms with van der Waals surface area (Å²) in [6.45, 7) is 2.79. The fraction of sp³-hybridized carbons (Fsp3) is 0.292. The minimum Gasteiger partial charge on any atom is -0.425 e. The molecule has 2 aromatic heterocycles. The molecule has 4 rings (SSSR count). The molecule has 178 valence electrons. The van der Waals surface area contributed by atoms with Gasteiger partial charge in [0.2, 0.25) is 0 Å². The second-order valence-corrected chi connectivity index (χ2v) is 8.23. The van der Waals surface area contributed by atoms with Crippen LogP contribution in [0, 0.1) is 0 Å². The number of hydrogen-bond donors (Lipinski definition) is 2. The maximum absolute atomic E-state index is 13.5. The Kier molecular flexibility index (Phi) is 7.16. The Hall–Kier alpha value is -3.40. The molecule has 34 heavy (non-hydrogen) atoms. The lowest BCUT2D eigenvalue weighted by molar-refractivity contribution is 0.277. The van der Waals surface area contributed by atoms with Crippen molar-refractivity contribution in [2.75, 3.05) is 6.61 Å². The van der Waals surface area contributed by atoms with E-state index in [4.69, 9.17) is 22.1 Å². The van der Waals surface area contributed by atoms with E-state index in [1.54, 1.807) is 28.8 Å². The number of ether oxygens (including phenoxy) is 1. The van der Waals surface area contributed by atoms with Gasteiger partial charge in [-0.2, -0.15) is 4.98 Å². The zero-order valence-electron chi connectivity index (χ0n) is 18.8. The summed E-state index contributed by atoms with van der Waals surface area (Å²) >= 11 is 6.04. The molecule has 3 N–H and O–H groups in total. The molecule has 0 fully saturated rings. The first-order chi connectivity index (χ1) is 16.5.